The normalized spacial score (nSPS) is 15.6. The van der Waals surface area contributed by atoms with E-state index in [0.717, 1.165) is 12.1 Å². The van der Waals surface area contributed by atoms with E-state index < -0.39 is 55.5 Å². The number of halogens is 2. The second-order valence-corrected chi connectivity index (χ2v) is 8.74. The lowest BCUT2D eigenvalue weighted by molar-refractivity contribution is -0.387. The maximum absolute atomic E-state index is 13.7. The van der Waals surface area contributed by atoms with Crippen molar-refractivity contribution in [3.05, 3.63) is 38.7 Å². The molecule has 7 nitrogen and oxygen atoms in total. The van der Waals surface area contributed by atoms with E-state index in [-0.39, 0.29) is 5.56 Å². The topological polar surface area (TPSA) is 116 Å². The Morgan fingerprint density at radius 3 is 2.38 bits per heavy atom. The second kappa shape index (κ2) is 7.22. The number of nitro benzene ring substituents is 1. The Morgan fingerprint density at radius 1 is 1.42 bits per heavy atom. The molecule has 134 valence electrons. The van der Waals surface area contributed by atoms with Gasteiger partial charge in [-0.25, -0.2) is 0 Å². The molecule has 24 heavy (non-hydrogen) atoms. The highest BCUT2D eigenvalue weighted by Gasteiger charge is 2.42. The maximum atomic E-state index is 13.7. The molecular formula is C14H18ClFN2O5S. The van der Waals surface area contributed by atoms with Crippen LogP contribution in [0.4, 0.5) is 10.1 Å². The summed E-state index contributed by atoms with van der Waals surface area (Å²) in [4.78, 5) is 21.3. The Labute approximate surface area is 146 Å². The molecule has 0 aliphatic carbocycles. The average Bonchev–Trinajstić information content (AvgIpc) is 2.35. The van der Waals surface area contributed by atoms with E-state index in [1.165, 1.54) is 6.92 Å². The molecule has 0 unspecified atom stereocenters. The van der Waals surface area contributed by atoms with E-state index in [4.69, 9.17) is 16.7 Å². The zero-order chi connectivity index (χ0) is 18.9. The summed E-state index contributed by atoms with van der Waals surface area (Å²) in [7, 11) is 0. The number of nitrogens with zero attached hydrogens (tertiary/aromatic N) is 1. The van der Waals surface area contributed by atoms with Crippen LogP contribution in [-0.2, 0) is 21.7 Å². The van der Waals surface area contributed by atoms with Gasteiger partial charge >= 0.3 is 11.7 Å². The Hall–Kier alpha value is -1.42. The molecule has 0 aliphatic rings. The third-order valence-electron chi connectivity index (χ3n) is 3.22. The summed E-state index contributed by atoms with van der Waals surface area (Å²) in [5.41, 5.74) is -2.47. The van der Waals surface area contributed by atoms with Crippen LogP contribution in [-0.4, -0.2) is 25.3 Å². The highest BCUT2D eigenvalue weighted by Crippen LogP contribution is 2.39. The summed E-state index contributed by atoms with van der Waals surface area (Å²) in [5.74, 6) is -2.37. The Bertz CT molecular complexity index is 667. The largest absolute Gasteiger partial charge is 0.598 e. The number of carbonyl (C=O) groups is 1. The number of rotatable bonds is 6. The van der Waals surface area contributed by atoms with Crippen molar-refractivity contribution in [2.75, 3.05) is 0 Å². The maximum Gasteiger partial charge on any atom is 0.323 e. The van der Waals surface area contributed by atoms with Crippen LogP contribution < -0.4 is 4.72 Å². The van der Waals surface area contributed by atoms with Crippen molar-refractivity contribution in [1.29, 1.82) is 0 Å². The molecule has 0 amide bonds. The Morgan fingerprint density at radius 2 is 1.96 bits per heavy atom. The monoisotopic (exact) mass is 380 g/mol. The van der Waals surface area contributed by atoms with Gasteiger partial charge in [0.05, 0.1) is 16.9 Å². The molecule has 2 atom stereocenters. The van der Waals surface area contributed by atoms with Gasteiger partial charge in [0.25, 0.3) is 0 Å². The zero-order valence-corrected chi connectivity index (χ0v) is 15.1. The van der Waals surface area contributed by atoms with Crippen LogP contribution >= 0.6 is 11.6 Å². The summed E-state index contributed by atoms with van der Waals surface area (Å²) in [5, 5.41) is 19.6. The quantitative estimate of drug-likeness (QED) is 0.445. The number of benzene rings is 1. The van der Waals surface area contributed by atoms with Gasteiger partial charge in [-0.05, 0) is 33.8 Å². The summed E-state index contributed by atoms with van der Waals surface area (Å²) in [6.45, 7) is 6.41. The van der Waals surface area contributed by atoms with Crippen molar-refractivity contribution in [2.45, 2.75) is 44.4 Å². The van der Waals surface area contributed by atoms with Gasteiger partial charge in [0.15, 0.2) is 0 Å². The van der Waals surface area contributed by atoms with Gasteiger partial charge in [-0.15, -0.1) is 4.72 Å². The van der Waals surface area contributed by atoms with E-state index in [1.54, 1.807) is 20.8 Å². The number of nitrogens with one attached hydrogen (secondary N) is 1. The SMILES string of the molecule is CC(C)(C)[S@@+]([O-])N[C@@](C)(CC(=O)O)c1ccc(F)c([N+](=O)[O-])c1Cl. The fourth-order valence-electron chi connectivity index (χ4n) is 1.98. The summed E-state index contributed by atoms with van der Waals surface area (Å²) in [6.07, 6.45) is -0.558. The molecule has 2 N–H and O–H groups in total. The molecule has 0 aliphatic heterocycles. The van der Waals surface area contributed by atoms with Crippen LogP contribution in [0.15, 0.2) is 12.1 Å². The summed E-state index contributed by atoms with van der Waals surface area (Å²) >= 11 is 4.27. The first-order valence-corrected chi connectivity index (χ1v) is 8.36. The number of hydrogen-bond donors (Lipinski definition) is 2. The van der Waals surface area contributed by atoms with Crippen molar-refractivity contribution in [3.63, 3.8) is 0 Å². The fourth-order valence-corrected chi connectivity index (χ4v) is 3.31. The minimum Gasteiger partial charge on any atom is -0.598 e. The van der Waals surface area contributed by atoms with E-state index in [1.807, 2.05) is 0 Å². The van der Waals surface area contributed by atoms with Crippen LogP contribution in [0.2, 0.25) is 5.02 Å². The highest BCUT2D eigenvalue weighted by molar-refractivity contribution is 7.90. The third-order valence-corrected chi connectivity index (χ3v) is 5.35. The minimum atomic E-state index is -1.69. The smallest absolute Gasteiger partial charge is 0.323 e. The molecular weight excluding hydrogens is 363 g/mol. The molecule has 10 heteroatoms. The number of carboxylic acid groups (broad SMARTS) is 1. The van der Waals surface area contributed by atoms with Gasteiger partial charge < -0.3 is 9.66 Å². The van der Waals surface area contributed by atoms with Crippen molar-refractivity contribution < 1.29 is 23.8 Å². The van der Waals surface area contributed by atoms with Crippen LogP contribution in [0.1, 0.15) is 39.7 Å². The standard InChI is InChI=1S/C14H18ClFN2O5S/c1-13(2,3)24(23)17-14(4,7-10(19)20)8-5-6-9(16)12(11(8)15)18(21)22/h5-6,17H,7H2,1-4H3,(H,19,20)/t14-,24+/m0/s1. The van der Waals surface area contributed by atoms with E-state index in [9.17, 15) is 23.9 Å². The predicted octanol–water partition coefficient (Wildman–Crippen LogP) is 3.13. The number of hydrogen-bond acceptors (Lipinski definition) is 5. The summed E-state index contributed by atoms with van der Waals surface area (Å²) < 4.78 is 28.0. The minimum absolute atomic E-state index is 0.0164. The van der Waals surface area contributed by atoms with Crippen LogP contribution in [0.25, 0.3) is 0 Å². The molecule has 0 bridgehead atoms. The average molecular weight is 381 g/mol. The van der Waals surface area contributed by atoms with E-state index in [2.05, 4.69) is 4.72 Å². The molecule has 0 heterocycles. The summed E-state index contributed by atoms with van der Waals surface area (Å²) in [6, 6.07) is 1.99. The molecule has 0 spiro atoms. The van der Waals surface area contributed by atoms with Crippen LogP contribution in [0.5, 0.6) is 0 Å². The predicted molar refractivity (Wildman–Crippen MR) is 88.7 cm³/mol. The van der Waals surface area contributed by atoms with Crippen LogP contribution in [0, 0.1) is 15.9 Å². The van der Waals surface area contributed by atoms with E-state index >= 15 is 0 Å². The number of carboxylic acids is 1. The fraction of sp³-hybridized carbons (Fsp3) is 0.500. The molecule has 0 saturated heterocycles. The Kier molecular flexibility index (Phi) is 6.20. The zero-order valence-electron chi connectivity index (χ0n) is 13.6. The van der Waals surface area contributed by atoms with Crippen molar-refractivity contribution >= 4 is 34.6 Å². The number of nitro groups is 1. The molecule has 1 rings (SSSR count). The first-order valence-electron chi connectivity index (χ1n) is 6.84. The first-order chi connectivity index (χ1) is 10.8. The van der Waals surface area contributed by atoms with Gasteiger partial charge in [0.1, 0.15) is 9.77 Å². The lowest BCUT2D eigenvalue weighted by Gasteiger charge is -2.34. The third kappa shape index (κ3) is 4.56. The number of aliphatic carboxylic acids is 1. The van der Waals surface area contributed by atoms with Crippen molar-refractivity contribution in [3.8, 4) is 0 Å². The molecule has 0 aromatic heterocycles. The molecule has 1 aromatic carbocycles. The molecule has 0 saturated carbocycles. The lowest BCUT2D eigenvalue weighted by Crippen LogP contribution is -2.51. The molecule has 1 aromatic rings. The van der Waals surface area contributed by atoms with Crippen molar-refractivity contribution in [1.82, 2.24) is 4.72 Å². The van der Waals surface area contributed by atoms with Gasteiger partial charge in [-0.1, -0.05) is 17.7 Å². The highest BCUT2D eigenvalue weighted by atomic mass is 35.5. The van der Waals surface area contributed by atoms with Gasteiger partial charge in [0, 0.05) is 16.9 Å². The van der Waals surface area contributed by atoms with Gasteiger partial charge in [0.2, 0.25) is 5.82 Å². The van der Waals surface area contributed by atoms with Crippen LogP contribution in [0.3, 0.4) is 0 Å². The lowest BCUT2D eigenvalue weighted by atomic mass is 9.89. The molecule has 0 radical (unpaired) electrons. The van der Waals surface area contributed by atoms with E-state index in [0.29, 0.717) is 0 Å². The van der Waals surface area contributed by atoms with Gasteiger partial charge in [-0.2, -0.15) is 4.39 Å². The Balaban J connectivity index is 3.49. The second-order valence-electron chi connectivity index (χ2n) is 6.40. The molecule has 0 fully saturated rings. The first kappa shape index (κ1) is 20.6. The van der Waals surface area contributed by atoms with Gasteiger partial charge in [-0.3, -0.25) is 14.9 Å². The van der Waals surface area contributed by atoms with Crippen molar-refractivity contribution in [2.24, 2.45) is 0 Å².